The van der Waals surface area contributed by atoms with Crippen molar-refractivity contribution in [2.75, 3.05) is 46.1 Å². The molecule has 2 heterocycles. The highest BCUT2D eigenvalue weighted by Gasteiger charge is 2.25. The molecule has 0 saturated carbocycles. The van der Waals surface area contributed by atoms with Gasteiger partial charge in [0.05, 0.1) is 12.4 Å². The molecule has 3 N–H and O–H groups in total. The Bertz CT molecular complexity index is 1460. The topological polar surface area (TPSA) is 169 Å². The van der Waals surface area contributed by atoms with E-state index in [1.54, 1.807) is 31.6 Å². The van der Waals surface area contributed by atoms with Gasteiger partial charge in [-0.2, -0.15) is 0 Å². The monoisotopic (exact) mass is 828 g/mol. The second-order valence-electron chi connectivity index (χ2n) is 8.85. The molecular weight excluding hydrogens is 775 g/mol. The number of aryl methyl sites for hydroxylation is 2. The van der Waals surface area contributed by atoms with Crippen molar-refractivity contribution < 1.29 is 34.2 Å². The molecule has 0 fully saturated rings. The van der Waals surface area contributed by atoms with Gasteiger partial charge in [0, 0.05) is 44.8 Å². The van der Waals surface area contributed by atoms with Gasteiger partial charge in [0.1, 0.15) is 20.0 Å². The minimum Gasteiger partial charge on any atom is -0.479 e. The zero-order valence-electron chi connectivity index (χ0n) is 28.5. The summed E-state index contributed by atoms with van der Waals surface area (Å²) in [5.41, 5.74) is 5.05. The molecule has 0 saturated heterocycles. The third-order valence-corrected chi connectivity index (χ3v) is 7.45. The number of hydroxylamine groups is 3. The second kappa shape index (κ2) is 32.8. The average Bonchev–Trinajstić information content (AvgIpc) is 3.75. The Labute approximate surface area is 332 Å². The predicted octanol–water partition coefficient (Wildman–Crippen LogP) is 9.07. The van der Waals surface area contributed by atoms with Gasteiger partial charge in [-0.05, 0) is 38.8 Å². The van der Waals surface area contributed by atoms with Gasteiger partial charge in [-0.1, -0.05) is 93.5 Å². The van der Waals surface area contributed by atoms with Gasteiger partial charge < -0.3 is 19.8 Å². The zero-order valence-corrected chi connectivity index (χ0v) is 32.4. The number of hydrogen-bond donors (Lipinski definition) is 3. The highest BCUT2D eigenvalue weighted by molar-refractivity contribution is 7.14. The van der Waals surface area contributed by atoms with Gasteiger partial charge in [0.15, 0.2) is 12.2 Å². The van der Waals surface area contributed by atoms with Crippen LogP contribution >= 0.6 is 57.5 Å². The van der Waals surface area contributed by atoms with E-state index in [0.29, 0.717) is 18.8 Å². The lowest BCUT2D eigenvalue weighted by molar-refractivity contribution is -0.181. The average molecular weight is 830 g/mol. The van der Waals surface area contributed by atoms with E-state index >= 15 is 0 Å². The summed E-state index contributed by atoms with van der Waals surface area (Å²) in [4.78, 5) is 28.3. The molecule has 0 aliphatic heterocycles. The summed E-state index contributed by atoms with van der Waals surface area (Å²) in [6.45, 7) is 8.23. The van der Waals surface area contributed by atoms with Crippen molar-refractivity contribution in [2.24, 2.45) is 0 Å². The molecule has 1 amide bonds. The smallest absolute Gasteiger partial charge is 0.337 e. The molecule has 4 aromatic rings. The number of ether oxygens (including phenoxy) is 2. The number of carboxylic acids is 1. The summed E-state index contributed by atoms with van der Waals surface area (Å²) < 4.78 is 10.8. The van der Waals surface area contributed by atoms with Crippen molar-refractivity contribution in [1.82, 2.24) is 30.9 Å². The van der Waals surface area contributed by atoms with Crippen LogP contribution in [0.5, 0.6) is 0 Å². The van der Waals surface area contributed by atoms with Crippen molar-refractivity contribution in [2.45, 2.75) is 62.2 Å². The molecule has 2 aromatic heterocycles. The van der Waals surface area contributed by atoms with Gasteiger partial charge >= 0.3 is 5.97 Å². The lowest BCUT2D eigenvalue weighted by Crippen LogP contribution is -2.32. The van der Waals surface area contributed by atoms with E-state index in [1.807, 2.05) is 57.2 Å². The standard InChI is InChI=1S/C15H19N3O3S.C13H14N2O3S.CH2Cl2.CH3Cl.CH5NO.3CH4/c1-5-21-13(15(19)18(3)20-4)11-6-8-12(9-7-11)14-17-16-10(2)22-14;1-3-18-11(13(16)17)9-4-6-10(7-5-9)12-15-14-8(2)19-12;2-1-3;1-2;1-2-3;;;/h6-9,13H,5H2,1-4H3;4-7,11H,3H2,1-2H3,(H,16,17);1H2;1H3;2-3H,1H3;3*1H4. The van der Waals surface area contributed by atoms with Gasteiger partial charge in [-0.25, -0.2) is 15.3 Å². The molecule has 2 aromatic carbocycles. The number of likely N-dealkylation sites (N-methyl/N-ethyl adjacent to an activating group) is 1. The van der Waals surface area contributed by atoms with Crippen LogP contribution in [-0.2, 0) is 23.9 Å². The number of carbonyl (C=O) groups excluding carboxylic acids is 1. The molecule has 296 valence electrons. The second-order valence-corrected chi connectivity index (χ2v) is 12.0. The van der Waals surface area contributed by atoms with E-state index < -0.39 is 18.2 Å². The van der Waals surface area contributed by atoms with Crippen LogP contribution in [0.1, 0.15) is 69.5 Å². The number of rotatable bonds is 11. The van der Waals surface area contributed by atoms with Crippen LogP contribution in [0.2, 0.25) is 0 Å². The third-order valence-electron chi connectivity index (χ3n) is 5.67. The number of hydrogen-bond acceptors (Lipinski definition) is 13. The van der Waals surface area contributed by atoms with E-state index in [1.165, 1.54) is 48.3 Å². The molecule has 0 aliphatic rings. The molecule has 2 atom stereocenters. The molecule has 52 heavy (non-hydrogen) atoms. The maximum absolute atomic E-state index is 12.3. The number of amides is 1. The van der Waals surface area contributed by atoms with Crippen LogP contribution in [-0.4, -0.2) is 93.8 Å². The predicted molar refractivity (Wildman–Crippen MR) is 216 cm³/mol. The van der Waals surface area contributed by atoms with Crippen molar-refractivity contribution in [3.63, 3.8) is 0 Å². The fourth-order valence-corrected chi connectivity index (χ4v) is 5.03. The van der Waals surface area contributed by atoms with Crippen molar-refractivity contribution >= 4 is 69.4 Å². The summed E-state index contributed by atoms with van der Waals surface area (Å²) in [5, 5.41) is 37.4. The molecule has 2 unspecified atom stereocenters. The van der Waals surface area contributed by atoms with E-state index in [0.717, 1.165) is 36.7 Å². The first kappa shape index (κ1) is 55.9. The SMILES string of the molecule is C.C.C.CCOC(C(=O)N(C)OC)c1ccc(-c2nnc(C)s2)cc1.CCOC(C(=O)O)c1ccc(-c2nnc(C)s2)cc1.CCl.CNO.ClCCl. The zero-order chi connectivity index (χ0) is 37.4. The van der Waals surface area contributed by atoms with Crippen LogP contribution in [0.25, 0.3) is 21.1 Å². The summed E-state index contributed by atoms with van der Waals surface area (Å²) in [5.74, 6) is -1.23. The number of carbonyl (C=O) groups is 2. The Morgan fingerprint density at radius 3 is 1.38 bits per heavy atom. The first-order valence-corrected chi connectivity index (χ1v) is 17.9. The first-order valence-electron chi connectivity index (χ1n) is 14.4. The third kappa shape index (κ3) is 19.9. The molecule has 18 heteroatoms. The number of aromatic nitrogens is 4. The molecular formula is C34H55Cl3N6O7S2. The Morgan fingerprint density at radius 1 is 0.788 bits per heavy atom. The number of aliphatic carboxylic acids is 1. The van der Waals surface area contributed by atoms with Gasteiger partial charge in [-0.15, -0.1) is 55.2 Å². The van der Waals surface area contributed by atoms with E-state index in [2.05, 4.69) is 32.0 Å². The number of benzene rings is 2. The maximum atomic E-state index is 12.3. The van der Waals surface area contributed by atoms with Crippen LogP contribution < -0.4 is 5.48 Å². The molecule has 0 spiro atoms. The fraction of sp³-hybridized carbons (Fsp3) is 0.471. The van der Waals surface area contributed by atoms with Crippen molar-refractivity contribution in [3.05, 3.63) is 69.7 Å². The number of nitrogens with zero attached hydrogens (tertiary/aromatic N) is 5. The summed E-state index contributed by atoms with van der Waals surface area (Å²) in [7, 11) is 4.44. The van der Waals surface area contributed by atoms with Crippen LogP contribution in [0.4, 0.5) is 0 Å². The van der Waals surface area contributed by atoms with Gasteiger partial charge in [-0.3, -0.25) is 9.63 Å². The number of halogens is 3. The van der Waals surface area contributed by atoms with Crippen LogP contribution in [0, 0.1) is 13.8 Å². The van der Waals surface area contributed by atoms with Crippen molar-refractivity contribution in [1.29, 1.82) is 0 Å². The first-order chi connectivity index (χ1) is 23.5. The highest BCUT2D eigenvalue weighted by Crippen LogP contribution is 2.28. The van der Waals surface area contributed by atoms with Crippen LogP contribution in [0.3, 0.4) is 0 Å². The highest BCUT2D eigenvalue weighted by atomic mass is 35.5. The molecule has 0 aliphatic carbocycles. The van der Waals surface area contributed by atoms with E-state index in [9.17, 15) is 9.59 Å². The summed E-state index contributed by atoms with van der Waals surface area (Å²) in [6.07, 6.45) is -0.129. The number of alkyl halides is 3. The summed E-state index contributed by atoms with van der Waals surface area (Å²) >= 11 is 17.2. The minimum atomic E-state index is -0.985. The van der Waals surface area contributed by atoms with Crippen molar-refractivity contribution in [3.8, 4) is 21.1 Å². The fourth-order valence-electron chi connectivity index (χ4n) is 3.64. The minimum absolute atomic E-state index is 0. The summed E-state index contributed by atoms with van der Waals surface area (Å²) in [6, 6.07) is 14.7. The lowest BCUT2D eigenvalue weighted by Gasteiger charge is -2.22. The largest absolute Gasteiger partial charge is 0.479 e. The van der Waals surface area contributed by atoms with Gasteiger partial charge in [0.2, 0.25) is 0 Å². The van der Waals surface area contributed by atoms with E-state index in [-0.39, 0.29) is 33.5 Å². The number of nitrogens with one attached hydrogen (secondary N) is 1. The maximum Gasteiger partial charge on any atom is 0.337 e. The molecule has 0 radical (unpaired) electrons. The van der Waals surface area contributed by atoms with E-state index in [4.69, 9.17) is 47.8 Å². The Hall–Kier alpha value is -2.83. The van der Waals surface area contributed by atoms with Gasteiger partial charge in [0.25, 0.3) is 5.91 Å². The van der Waals surface area contributed by atoms with Crippen LogP contribution in [0.15, 0.2) is 48.5 Å². The Balaban J connectivity index is -0.000000354. The molecule has 13 nitrogen and oxygen atoms in total. The number of carboxylic acid groups (broad SMARTS) is 1. The quantitative estimate of drug-likeness (QED) is 0.0970. The molecule has 4 rings (SSSR count). The Kier molecular flexibility index (Phi) is 35.3. The molecule has 0 bridgehead atoms. The normalized spacial score (nSPS) is 10.5. The Morgan fingerprint density at radius 2 is 1.12 bits per heavy atom. The lowest BCUT2D eigenvalue weighted by atomic mass is 10.1.